The number of carbonyl (C=O) groups is 2. The summed E-state index contributed by atoms with van der Waals surface area (Å²) in [6.45, 7) is 1.17. The Bertz CT molecular complexity index is 865. The predicted molar refractivity (Wildman–Crippen MR) is 99.4 cm³/mol. The Kier molecular flexibility index (Phi) is 9.09. The second-order valence-electron chi connectivity index (χ2n) is 5.27. The molecule has 0 radical (unpaired) electrons. The van der Waals surface area contributed by atoms with Gasteiger partial charge in [0, 0.05) is 20.1 Å². The van der Waals surface area contributed by atoms with Gasteiger partial charge < -0.3 is 14.9 Å². The summed E-state index contributed by atoms with van der Waals surface area (Å²) in [6, 6.07) is 1.97. The van der Waals surface area contributed by atoms with Crippen LogP contribution in [0.2, 0.25) is 15.1 Å². The van der Waals surface area contributed by atoms with Gasteiger partial charge >= 0.3 is 11.9 Å². The summed E-state index contributed by atoms with van der Waals surface area (Å²) in [5, 5.41) is 6.51. The van der Waals surface area contributed by atoms with E-state index in [1.54, 1.807) is 0 Å². The standard InChI is InChI=1S/C15H15Cl3FNO7S/c1-7(21)25-6-13(15(12(19)5-20)26-8(2)22)27-28(23,24)14-4-10(17)9(16)3-11(14)18/h3-5,12-13,15,20H,6H2,1-2H3/t12-,13-,15+/m1/s1. The molecule has 1 rings (SSSR count). The van der Waals surface area contributed by atoms with E-state index in [1.165, 1.54) is 0 Å². The fourth-order valence-electron chi connectivity index (χ4n) is 1.92. The van der Waals surface area contributed by atoms with Crippen molar-refractivity contribution in [1.82, 2.24) is 0 Å². The first-order valence-electron chi connectivity index (χ1n) is 7.42. The van der Waals surface area contributed by atoms with Crippen LogP contribution >= 0.6 is 34.8 Å². The van der Waals surface area contributed by atoms with Crippen molar-refractivity contribution in [2.24, 2.45) is 0 Å². The molecule has 0 heterocycles. The number of hydrogen-bond donors (Lipinski definition) is 1. The summed E-state index contributed by atoms with van der Waals surface area (Å²) in [5.74, 6) is -1.80. The molecule has 0 bridgehead atoms. The van der Waals surface area contributed by atoms with Crippen molar-refractivity contribution < 1.29 is 36.1 Å². The Hall–Kier alpha value is -1.46. The highest BCUT2D eigenvalue weighted by Crippen LogP contribution is 2.33. The maximum absolute atomic E-state index is 14.1. The summed E-state index contributed by atoms with van der Waals surface area (Å²) in [5.41, 5.74) is 0. The topological polar surface area (TPSA) is 120 Å². The summed E-state index contributed by atoms with van der Waals surface area (Å²) in [4.78, 5) is 21.7. The zero-order valence-corrected chi connectivity index (χ0v) is 17.5. The Morgan fingerprint density at radius 2 is 1.71 bits per heavy atom. The molecular weight excluding hydrogens is 464 g/mol. The van der Waals surface area contributed by atoms with Crippen molar-refractivity contribution in [1.29, 1.82) is 5.41 Å². The summed E-state index contributed by atoms with van der Waals surface area (Å²) in [7, 11) is -4.70. The van der Waals surface area contributed by atoms with E-state index in [2.05, 4.69) is 4.74 Å². The van der Waals surface area contributed by atoms with Crippen LogP contribution in [0.15, 0.2) is 17.0 Å². The third kappa shape index (κ3) is 6.85. The fourth-order valence-corrected chi connectivity index (χ4v) is 3.97. The van der Waals surface area contributed by atoms with Crippen LogP contribution in [0, 0.1) is 5.41 Å². The molecule has 0 aromatic heterocycles. The quantitative estimate of drug-likeness (QED) is 0.250. The minimum atomic E-state index is -4.70. The fraction of sp³-hybridized carbons (Fsp3) is 0.400. The third-order valence-electron chi connectivity index (χ3n) is 3.09. The Morgan fingerprint density at radius 1 is 1.14 bits per heavy atom. The van der Waals surface area contributed by atoms with E-state index in [4.69, 9.17) is 49.1 Å². The van der Waals surface area contributed by atoms with Gasteiger partial charge in [0.15, 0.2) is 18.4 Å². The Morgan fingerprint density at radius 3 is 2.21 bits per heavy atom. The zero-order valence-electron chi connectivity index (χ0n) is 14.4. The lowest BCUT2D eigenvalue weighted by Gasteiger charge is -2.27. The van der Waals surface area contributed by atoms with E-state index in [-0.39, 0.29) is 21.3 Å². The predicted octanol–water partition coefficient (Wildman–Crippen LogP) is 3.20. The molecule has 0 aliphatic rings. The van der Waals surface area contributed by atoms with Crippen LogP contribution in [0.25, 0.3) is 0 Å². The van der Waals surface area contributed by atoms with Gasteiger partial charge in [-0.25, -0.2) is 4.39 Å². The van der Waals surface area contributed by atoms with Gasteiger partial charge in [-0.05, 0) is 12.1 Å². The molecule has 3 atom stereocenters. The van der Waals surface area contributed by atoms with Crippen LogP contribution < -0.4 is 0 Å². The summed E-state index contributed by atoms with van der Waals surface area (Å²) in [6.07, 6.45) is -5.69. The van der Waals surface area contributed by atoms with Crippen LogP contribution in [-0.4, -0.2) is 51.6 Å². The van der Waals surface area contributed by atoms with Crippen molar-refractivity contribution in [3.63, 3.8) is 0 Å². The van der Waals surface area contributed by atoms with Crippen molar-refractivity contribution in [3.8, 4) is 0 Å². The molecule has 1 aromatic carbocycles. The number of ether oxygens (including phenoxy) is 2. The molecule has 156 valence electrons. The van der Waals surface area contributed by atoms with Gasteiger partial charge in [0.05, 0.1) is 15.1 Å². The number of hydrogen-bond acceptors (Lipinski definition) is 8. The van der Waals surface area contributed by atoms with Crippen LogP contribution in [0.4, 0.5) is 4.39 Å². The molecule has 0 aliphatic heterocycles. The smallest absolute Gasteiger partial charge is 0.303 e. The third-order valence-corrected chi connectivity index (χ3v) is 5.61. The minimum absolute atomic E-state index is 0.0208. The molecule has 1 aromatic rings. The summed E-state index contributed by atoms with van der Waals surface area (Å²) < 4.78 is 53.6. The zero-order chi connectivity index (χ0) is 21.6. The van der Waals surface area contributed by atoms with Gasteiger partial charge in [-0.3, -0.25) is 13.8 Å². The van der Waals surface area contributed by atoms with Crippen LogP contribution in [0.3, 0.4) is 0 Å². The first-order chi connectivity index (χ1) is 12.9. The average molecular weight is 479 g/mol. The molecule has 13 heteroatoms. The van der Waals surface area contributed by atoms with Crippen molar-refractivity contribution in [3.05, 3.63) is 27.2 Å². The van der Waals surface area contributed by atoms with E-state index >= 15 is 0 Å². The lowest BCUT2D eigenvalue weighted by molar-refractivity contribution is -0.159. The van der Waals surface area contributed by atoms with Crippen LogP contribution in [0.1, 0.15) is 13.8 Å². The van der Waals surface area contributed by atoms with E-state index in [1.807, 2.05) is 0 Å². The average Bonchev–Trinajstić information content (AvgIpc) is 2.58. The first kappa shape index (κ1) is 24.6. The van der Waals surface area contributed by atoms with Crippen molar-refractivity contribution in [2.75, 3.05) is 6.61 Å². The second kappa shape index (κ2) is 10.4. The first-order valence-corrected chi connectivity index (χ1v) is 9.96. The number of rotatable bonds is 9. The highest BCUT2D eigenvalue weighted by atomic mass is 35.5. The molecule has 0 fully saturated rings. The molecular formula is C15H15Cl3FNO7S. The molecule has 0 spiro atoms. The molecule has 0 amide bonds. The normalized spacial score (nSPS) is 14.6. The number of nitrogens with one attached hydrogen (secondary N) is 1. The minimum Gasteiger partial charge on any atom is -0.463 e. The number of benzene rings is 1. The molecule has 0 saturated carbocycles. The lowest BCUT2D eigenvalue weighted by atomic mass is 10.1. The number of esters is 2. The van der Waals surface area contributed by atoms with E-state index in [0.29, 0.717) is 0 Å². The molecule has 28 heavy (non-hydrogen) atoms. The number of alkyl halides is 1. The van der Waals surface area contributed by atoms with E-state index in [9.17, 15) is 22.4 Å². The maximum atomic E-state index is 14.1. The maximum Gasteiger partial charge on any atom is 0.303 e. The highest BCUT2D eigenvalue weighted by Gasteiger charge is 2.38. The van der Waals surface area contributed by atoms with Gasteiger partial charge in [-0.2, -0.15) is 8.42 Å². The molecule has 1 N–H and O–H groups in total. The van der Waals surface area contributed by atoms with E-state index < -0.39 is 51.9 Å². The number of halogens is 4. The molecule has 0 unspecified atom stereocenters. The van der Waals surface area contributed by atoms with Crippen molar-refractivity contribution >= 4 is 63.1 Å². The van der Waals surface area contributed by atoms with Gasteiger partial charge in [0.2, 0.25) is 0 Å². The monoisotopic (exact) mass is 477 g/mol. The largest absolute Gasteiger partial charge is 0.463 e. The van der Waals surface area contributed by atoms with Crippen LogP contribution in [0.5, 0.6) is 0 Å². The van der Waals surface area contributed by atoms with Gasteiger partial charge in [-0.1, -0.05) is 34.8 Å². The lowest BCUT2D eigenvalue weighted by Crippen LogP contribution is -2.45. The van der Waals surface area contributed by atoms with Gasteiger partial charge in [0.25, 0.3) is 10.1 Å². The van der Waals surface area contributed by atoms with Gasteiger partial charge in [-0.15, -0.1) is 0 Å². The number of carbonyl (C=O) groups excluding carboxylic acids is 2. The molecule has 8 nitrogen and oxygen atoms in total. The summed E-state index contributed by atoms with van der Waals surface area (Å²) >= 11 is 17.4. The second-order valence-corrected chi connectivity index (χ2v) is 8.04. The van der Waals surface area contributed by atoms with Crippen LogP contribution in [-0.2, 0) is 33.4 Å². The Labute approximate surface area is 175 Å². The van der Waals surface area contributed by atoms with Gasteiger partial charge in [0.1, 0.15) is 11.5 Å². The van der Waals surface area contributed by atoms with Crippen molar-refractivity contribution in [2.45, 2.75) is 37.1 Å². The Balaban J connectivity index is 3.33. The van der Waals surface area contributed by atoms with E-state index in [0.717, 1.165) is 26.0 Å². The molecule has 0 aliphatic carbocycles. The SMILES string of the molecule is CC(=O)OC[C@@H](OS(=O)(=O)c1cc(Cl)c(Cl)cc1Cl)[C@@H](OC(C)=O)[C@H](F)C=N. The highest BCUT2D eigenvalue weighted by molar-refractivity contribution is 7.87. The molecule has 0 saturated heterocycles.